The largest absolute Gasteiger partial charge is 0.353 e. The lowest BCUT2D eigenvalue weighted by Gasteiger charge is -2.32. The van der Waals surface area contributed by atoms with E-state index in [0.29, 0.717) is 24.7 Å². The van der Waals surface area contributed by atoms with Crippen molar-refractivity contribution in [2.75, 3.05) is 19.6 Å². The predicted molar refractivity (Wildman–Crippen MR) is 77.5 cm³/mol. The van der Waals surface area contributed by atoms with Gasteiger partial charge in [0.2, 0.25) is 17.6 Å². The van der Waals surface area contributed by atoms with E-state index in [1.54, 1.807) is 0 Å². The van der Waals surface area contributed by atoms with E-state index < -0.39 is 0 Å². The van der Waals surface area contributed by atoms with Crippen molar-refractivity contribution in [3.8, 4) is 11.4 Å². The van der Waals surface area contributed by atoms with Crippen molar-refractivity contribution in [2.45, 2.75) is 19.4 Å². The van der Waals surface area contributed by atoms with Crippen LogP contribution in [-0.2, 0) is 11.2 Å². The van der Waals surface area contributed by atoms with E-state index in [4.69, 9.17) is 4.52 Å². The van der Waals surface area contributed by atoms with Crippen LogP contribution >= 0.6 is 0 Å². The number of nitrogens with one attached hydrogen (secondary N) is 1. The number of hydrogen-bond donors (Lipinski definition) is 1. The van der Waals surface area contributed by atoms with Crippen molar-refractivity contribution in [3.63, 3.8) is 0 Å². The third-order valence-corrected chi connectivity index (χ3v) is 3.74. The Balaban J connectivity index is 1.61. The van der Waals surface area contributed by atoms with Crippen LogP contribution in [0, 0.1) is 0 Å². The number of rotatable bonds is 4. The van der Waals surface area contributed by atoms with Gasteiger partial charge < -0.3 is 9.84 Å². The number of hydrogen-bond acceptors (Lipinski definition) is 5. The number of carbonyl (C=O) groups is 1. The first kappa shape index (κ1) is 13.8. The molecule has 0 radical (unpaired) electrons. The fourth-order valence-corrected chi connectivity index (χ4v) is 2.44. The highest BCUT2D eigenvalue weighted by Crippen LogP contribution is 2.15. The fraction of sp³-hybridized carbons (Fsp3) is 0.400. The van der Waals surface area contributed by atoms with Crippen LogP contribution in [0.1, 0.15) is 12.8 Å². The molecule has 1 aromatic heterocycles. The van der Waals surface area contributed by atoms with Crippen LogP contribution in [0.4, 0.5) is 0 Å². The molecule has 0 bridgehead atoms. The molecule has 1 aliphatic rings. The fourth-order valence-electron chi connectivity index (χ4n) is 2.44. The Kier molecular flexibility index (Phi) is 3.96. The highest BCUT2D eigenvalue weighted by Gasteiger charge is 2.25. The average Bonchev–Trinajstić information content (AvgIpc) is 2.99. The van der Waals surface area contributed by atoms with Crippen molar-refractivity contribution in [2.24, 2.45) is 0 Å². The molecule has 1 aromatic carbocycles. The molecule has 0 saturated carbocycles. The number of carbonyl (C=O) groups excluding carboxylic acids is 1. The minimum absolute atomic E-state index is 0.0803. The standard InChI is InChI=1S/C15H18N4O2/c1-11-15(20)16-8-10-19(11)9-7-13-17-14(18-21-13)12-5-3-2-4-6-12/h2-6,11H,7-10H2,1H3,(H,16,20)/t11-/m0/s1. The van der Waals surface area contributed by atoms with Gasteiger partial charge in [-0.2, -0.15) is 4.98 Å². The van der Waals surface area contributed by atoms with Crippen molar-refractivity contribution in [1.29, 1.82) is 0 Å². The Hall–Kier alpha value is -2.21. The van der Waals surface area contributed by atoms with Gasteiger partial charge in [-0.3, -0.25) is 9.69 Å². The second kappa shape index (κ2) is 6.05. The number of piperazine rings is 1. The molecule has 1 saturated heterocycles. The minimum atomic E-state index is -0.102. The normalized spacial score (nSPS) is 19.5. The van der Waals surface area contributed by atoms with Crippen molar-refractivity contribution in [3.05, 3.63) is 36.2 Å². The first-order valence-corrected chi connectivity index (χ1v) is 7.14. The number of amides is 1. The van der Waals surface area contributed by atoms with Gasteiger partial charge in [-0.15, -0.1) is 0 Å². The van der Waals surface area contributed by atoms with Gasteiger partial charge in [0.15, 0.2) is 0 Å². The zero-order chi connectivity index (χ0) is 14.7. The maximum atomic E-state index is 11.6. The van der Waals surface area contributed by atoms with Gasteiger partial charge in [0.1, 0.15) is 0 Å². The Bertz CT molecular complexity index is 611. The van der Waals surface area contributed by atoms with Gasteiger partial charge >= 0.3 is 0 Å². The lowest BCUT2D eigenvalue weighted by atomic mass is 10.2. The molecule has 1 fully saturated rings. The van der Waals surface area contributed by atoms with Gasteiger partial charge in [-0.05, 0) is 6.92 Å². The first-order valence-electron chi connectivity index (χ1n) is 7.14. The summed E-state index contributed by atoms with van der Waals surface area (Å²) >= 11 is 0. The Morgan fingerprint density at radius 1 is 1.38 bits per heavy atom. The van der Waals surface area contributed by atoms with Gasteiger partial charge in [-0.25, -0.2) is 0 Å². The van der Waals surface area contributed by atoms with Crippen molar-refractivity contribution in [1.82, 2.24) is 20.4 Å². The Labute approximate surface area is 123 Å². The Morgan fingerprint density at radius 2 is 2.19 bits per heavy atom. The average molecular weight is 286 g/mol. The maximum Gasteiger partial charge on any atom is 0.237 e. The monoisotopic (exact) mass is 286 g/mol. The molecule has 0 spiro atoms. The molecule has 3 rings (SSSR count). The molecular weight excluding hydrogens is 268 g/mol. The van der Waals surface area contributed by atoms with E-state index in [9.17, 15) is 4.79 Å². The number of aromatic nitrogens is 2. The van der Waals surface area contributed by atoms with Crippen LogP contribution in [-0.4, -0.2) is 46.6 Å². The summed E-state index contributed by atoms with van der Waals surface area (Å²) < 4.78 is 5.28. The highest BCUT2D eigenvalue weighted by molar-refractivity contribution is 5.81. The van der Waals surface area contributed by atoms with Crippen LogP contribution in [0.5, 0.6) is 0 Å². The van der Waals surface area contributed by atoms with E-state index in [1.165, 1.54) is 0 Å². The van der Waals surface area contributed by atoms with Crippen LogP contribution in [0.15, 0.2) is 34.9 Å². The SMILES string of the molecule is C[C@H]1C(=O)NCCN1CCc1nc(-c2ccccc2)no1. The van der Waals surface area contributed by atoms with Crippen LogP contribution in [0.3, 0.4) is 0 Å². The summed E-state index contributed by atoms with van der Waals surface area (Å²) in [6.45, 7) is 4.21. The van der Waals surface area contributed by atoms with E-state index in [1.807, 2.05) is 37.3 Å². The van der Waals surface area contributed by atoms with Gasteiger partial charge in [0.25, 0.3) is 0 Å². The topological polar surface area (TPSA) is 71.3 Å². The lowest BCUT2D eigenvalue weighted by molar-refractivity contribution is -0.128. The summed E-state index contributed by atoms with van der Waals surface area (Å²) in [5, 5.41) is 6.85. The first-order chi connectivity index (χ1) is 10.2. The molecule has 0 aliphatic carbocycles. The molecular formula is C15H18N4O2. The maximum absolute atomic E-state index is 11.6. The van der Waals surface area contributed by atoms with Crippen LogP contribution < -0.4 is 5.32 Å². The molecule has 1 N–H and O–H groups in total. The number of nitrogens with zero attached hydrogens (tertiary/aromatic N) is 3. The van der Waals surface area contributed by atoms with E-state index >= 15 is 0 Å². The molecule has 6 nitrogen and oxygen atoms in total. The van der Waals surface area contributed by atoms with Gasteiger partial charge in [-0.1, -0.05) is 35.5 Å². The van der Waals surface area contributed by atoms with E-state index in [0.717, 1.165) is 18.7 Å². The van der Waals surface area contributed by atoms with Gasteiger partial charge in [0, 0.05) is 31.6 Å². The smallest absolute Gasteiger partial charge is 0.237 e. The summed E-state index contributed by atoms with van der Waals surface area (Å²) in [7, 11) is 0. The second-order valence-electron chi connectivity index (χ2n) is 5.13. The molecule has 6 heteroatoms. The molecule has 1 atom stereocenters. The zero-order valence-corrected chi connectivity index (χ0v) is 12.0. The van der Waals surface area contributed by atoms with E-state index in [-0.39, 0.29) is 11.9 Å². The molecule has 110 valence electrons. The second-order valence-corrected chi connectivity index (χ2v) is 5.13. The summed E-state index contributed by atoms with van der Waals surface area (Å²) in [6, 6.07) is 9.64. The third-order valence-electron chi connectivity index (χ3n) is 3.74. The summed E-state index contributed by atoms with van der Waals surface area (Å²) in [5.74, 6) is 1.29. The highest BCUT2D eigenvalue weighted by atomic mass is 16.5. The van der Waals surface area contributed by atoms with Crippen LogP contribution in [0.25, 0.3) is 11.4 Å². The lowest BCUT2D eigenvalue weighted by Crippen LogP contribution is -2.54. The summed E-state index contributed by atoms with van der Waals surface area (Å²) in [6.07, 6.45) is 0.650. The zero-order valence-electron chi connectivity index (χ0n) is 12.0. The quantitative estimate of drug-likeness (QED) is 0.911. The third kappa shape index (κ3) is 3.11. The van der Waals surface area contributed by atoms with E-state index in [2.05, 4.69) is 20.4 Å². The molecule has 1 aliphatic heterocycles. The van der Waals surface area contributed by atoms with Crippen LogP contribution in [0.2, 0.25) is 0 Å². The minimum Gasteiger partial charge on any atom is -0.353 e. The Morgan fingerprint density at radius 3 is 3.00 bits per heavy atom. The van der Waals surface area contributed by atoms with Crippen molar-refractivity contribution >= 4 is 5.91 Å². The molecule has 0 unspecified atom stereocenters. The predicted octanol–water partition coefficient (Wildman–Crippen LogP) is 1.10. The molecule has 1 amide bonds. The number of benzene rings is 1. The van der Waals surface area contributed by atoms with Crippen molar-refractivity contribution < 1.29 is 9.32 Å². The molecule has 21 heavy (non-hydrogen) atoms. The molecule has 2 aromatic rings. The summed E-state index contributed by atoms with van der Waals surface area (Å²) in [5.41, 5.74) is 0.943. The summed E-state index contributed by atoms with van der Waals surface area (Å²) in [4.78, 5) is 18.1. The van der Waals surface area contributed by atoms with Gasteiger partial charge in [0.05, 0.1) is 6.04 Å². The molecule has 2 heterocycles.